The molecule has 0 aliphatic carbocycles. The van der Waals surface area contributed by atoms with Crippen LogP contribution >= 0.6 is 11.3 Å². The fraction of sp³-hybridized carbons (Fsp3) is 0. The molecule has 0 atom stereocenters. The van der Waals surface area contributed by atoms with Crippen LogP contribution in [0.4, 0.5) is 0 Å². The maximum Gasteiger partial charge on any atom is 0.0548 e. The minimum atomic E-state index is 1.16. The van der Waals surface area contributed by atoms with Crippen LogP contribution in [0.25, 0.3) is 97.4 Å². The Hall–Kier alpha value is -6.42. The molecule has 0 aliphatic rings. The minimum Gasteiger partial charge on any atom is -0.309 e. The molecule has 11 aromatic rings. The summed E-state index contributed by atoms with van der Waals surface area (Å²) in [5.74, 6) is 0. The molecule has 0 unspecified atom stereocenters. The Kier molecular flexibility index (Phi) is 6.16. The van der Waals surface area contributed by atoms with Crippen molar-refractivity contribution < 1.29 is 0 Å². The molecule has 0 fully saturated rings. The molecule has 0 N–H and O–H groups in total. The van der Waals surface area contributed by atoms with E-state index in [1.165, 1.54) is 86.0 Å². The van der Waals surface area contributed by atoms with Crippen molar-refractivity contribution in [3.63, 3.8) is 0 Å². The molecular weight excluding hydrogens is 637 g/mol. The van der Waals surface area contributed by atoms with Crippen molar-refractivity contribution in [1.82, 2.24) is 9.13 Å². The third-order valence-corrected chi connectivity index (χ3v) is 11.7. The monoisotopic (exact) mass is 666 g/mol. The second-order valence-corrected chi connectivity index (χ2v) is 14.4. The largest absolute Gasteiger partial charge is 0.309 e. The molecule has 8 aromatic carbocycles. The summed E-state index contributed by atoms with van der Waals surface area (Å²) < 4.78 is 7.54. The van der Waals surface area contributed by atoms with Crippen LogP contribution in [-0.2, 0) is 0 Å². The Labute approximate surface area is 298 Å². The van der Waals surface area contributed by atoms with E-state index in [1.54, 1.807) is 0 Å². The van der Waals surface area contributed by atoms with Gasteiger partial charge in [-0.2, -0.15) is 0 Å². The molecule has 11 rings (SSSR count). The van der Waals surface area contributed by atoms with E-state index in [1.807, 2.05) is 11.3 Å². The summed E-state index contributed by atoms with van der Waals surface area (Å²) in [4.78, 5) is 0. The van der Waals surface area contributed by atoms with E-state index in [0.717, 1.165) is 11.4 Å². The van der Waals surface area contributed by atoms with Crippen LogP contribution in [0.5, 0.6) is 0 Å². The van der Waals surface area contributed by atoms with Crippen LogP contribution in [0, 0.1) is 0 Å². The van der Waals surface area contributed by atoms with Crippen molar-refractivity contribution in [3.8, 4) is 33.6 Å². The van der Waals surface area contributed by atoms with Crippen LogP contribution in [-0.4, -0.2) is 9.13 Å². The first-order chi connectivity index (χ1) is 25.3. The number of thiophene rings is 1. The van der Waals surface area contributed by atoms with Crippen LogP contribution in [0.15, 0.2) is 182 Å². The second kappa shape index (κ2) is 11.0. The van der Waals surface area contributed by atoms with E-state index in [4.69, 9.17) is 0 Å². The van der Waals surface area contributed by atoms with E-state index in [9.17, 15) is 0 Å². The minimum absolute atomic E-state index is 1.16. The summed E-state index contributed by atoms with van der Waals surface area (Å²) in [5, 5.41) is 7.68. The van der Waals surface area contributed by atoms with Gasteiger partial charge in [0.15, 0.2) is 0 Å². The summed E-state index contributed by atoms with van der Waals surface area (Å²) in [5.41, 5.74) is 12.1. The Balaban J connectivity index is 1.12. The third kappa shape index (κ3) is 4.29. The van der Waals surface area contributed by atoms with Gasteiger partial charge < -0.3 is 9.13 Å². The molecule has 0 spiro atoms. The van der Waals surface area contributed by atoms with E-state index >= 15 is 0 Å². The quantitative estimate of drug-likeness (QED) is 0.177. The average Bonchev–Trinajstić information content (AvgIpc) is 3.85. The lowest BCUT2D eigenvalue weighted by Gasteiger charge is -2.11. The Morgan fingerprint density at radius 2 is 0.882 bits per heavy atom. The molecule has 3 heterocycles. The van der Waals surface area contributed by atoms with Crippen molar-refractivity contribution in [2.45, 2.75) is 0 Å². The summed E-state index contributed by atoms with van der Waals surface area (Å²) in [6, 6.07) is 66.6. The molecule has 0 saturated carbocycles. The molecule has 3 heteroatoms. The van der Waals surface area contributed by atoms with Crippen molar-refractivity contribution >= 4 is 75.1 Å². The van der Waals surface area contributed by atoms with Gasteiger partial charge in [0, 0.05) is 53.1 Å². The summed E-state index contributed by atoms with van der Waals surface area (Å²) in [7, 11) is 0. The molecule has 238 valence electrons. The number of aromatic nitrogens is 2. The molecule has 0 radical (unpaired) electrons. The van der Waals surface area contributed by atoms with Crippen LogP contribution in [0.2, 0.25) is 0 Å². The fourth-order valence-corrected chi connectivity index (χ4v) is 9.38. The third-order valence-electron chi connectivity index (χ3n) is 10.5. The normalized spacial score (nSPS) is 11.9. The van der Waals surface area contributed by atoms with Crippen LogP contribution in [0.1, 0.15) is 0 Å². The van der Waals surface area contributed by atoms with Gasteiger partial charge >= 0.3 is 0 Å². The van der Waals surface area contributed by atoms with Crippen molar-refractivity contribution in [1.29, 1.82) is 0 Å². The topological polar surface area (TPSA) is 9.86 Å². The van der Waals surface area contributed by atoms with Crippen molar-refractivity contribution in [2.24, 2.45) is 0 Å². The zero-order valence-corrected chi connectivity index (χ0v) is 28.4. The number of rotatable bonds is 4. The first-order valence-electron chi connectivity index (χ1n) is 17.4. The SMILES string of the molecule is c1ccc(-c2cccc(-n3c4ccccc4c4cc5c(cc43)c3ccccc3n5-c3ccc(-c4cccc5sc6ccccc6c45)cc3)c2)cc1. The van der Waals surface area contributed by atoms with E-state index in [0.29, 0.717) is 0 Å². The van der Waals surface area contributed by atoms with Gasteiger partial charge in [0.1, 0.15) is 0 Å². The first-order valence-corrected chi connectivity index (χ1v) is 18.3. The number of nitrogens with zero attached hydrogens (tertiary/aromatic N) is 2. The summed E-state index contributed by atoms with van der Waals surface area (Å²) >= 11 is 1.87. The van der Waals surface area contributed by atoms with Gasteiger partial charge in [-0.15, -0.1) is 11.3 Å². The highest BCUT2D eigenvalue weighted by Gasteiger charge is 2.19. The number of benzene rings is 8. The van der Waals surface area contributed by atoms with Gasteiger partial charge in [0.05, 0.1) is 22.1 Å². The fourth-order valence-electron chi connectivity index (χ4n) is 8.25. The molecule has 51 heavy (non-hydrogen) atoms. The molecule has 0 saturated heterocycles. The van der Waals surface area contributed by atoms with Crippen LogP contribution in [0.3, 0.4) is 0 Å². The zero-order chi connectivity index (χ0) is 33.5. The van der Waals surface area contributed by atoms with Gasteiger partial charge in [-0.1, -0.05) is 121 Å². The highest BCUT2D eigenvalue weighted by atomic mass is 32.1. The summed E-state index contributed by atoms with van der Waals surface area (Å²) in [6.07, 6.45) is 0. The number of hydrogen-bond acceptors (Lipinski definition) is 1. The van der Waals surface area contributed by atoms with Gasteiger partial charge in [0.2, 0.25) is 0 Å². The van der Waals surface area contributed by atoms with E-state index in [2.05, 4.69) is 191 Å². The highest BCUT2D eigenvalue weighted by molar-refractivity contribution is 7.25. The maximum atomic E-state index is 2.44. The van der Waals surface area contributed by atoms with Gasteiger partial charge in [0.25, 0.3) is 0 Å². The standard InChI is InChI=1S/C48H30N2S/c1-2-12-31(13-3-1)33-14-10-15-35(28-33)50-43-21-8-5-17-38(43)41-29-44-40(30-45(41)50)37-16-4-7-20-42(37)49(44)34-26-24-32(25-27-34)36-19-11-23-47-48(36)39-18-6-9-22-46(39)51-47/h1-30H. The lowest BCUT2D eigenvalue weighted by Crippen LogP contribution is -1.95. The predicted octanol–water partition coefficient (Wildman–Crippen LogP) is 13.6. The Bertz CT molecular complexity index is 3120. The lowest BCUT2D eigenvalue weighted by atomic mass is 9.99. The van der Waals surface area contributed by atoms with Gasteiger partial charge in [-0.3, -0.25) is 0 Å². The van der Waals surface area contributed by atoms with E-state index in [-0.39, 0.29) is 0 Å². The Morgan fingerprint density at radius 3 is 1.61 bits per heavy atom. The summed E-state index contributed by atoms with van der Waals surface area (Å²) in [6.45, 7) is 0. The van der Waals surface area contributed by atoms with E-state index < -0.39 is 0 Å². The molecule has 0 bridgehead atoms. The Morgan fingerprint density at radius 1 is 0.314 bits per heavy atom. The molecule has 0 aliphatic heterocycles. The average molecular weight is 667 g/mol. The van der Waals surface area contributed by atoms with Gasteiger partial charge in [-0.05, 0) is 82.9 Å². The first kappa shape index (κ1) is 28.4. The lowest BCUT2D eigenvalue weighted by molar-refractivity contribution is 1.17. The van der Waals surface area contributed by atoms with Gasteiger partial charge in [-0.25, -0.2) is 0 Å². The highest BCUT2D eigenvalue weighted by Crippen LogP contribution is 2.42. The van der Waals surface area contributed by atoms with Crippen molar-refractivity contribution in [3.05, 3.63) is 182 Å². The smallest absolute Gasteiger partial charge is 0.0548 e. The van der Waals surface area contributed by atoms with Crippen molar-refractivity contribution in [2.75, 3.05) is 0 Å². The predicted molar refractivity (Wildman–Crippen MR) is 219 cm³/mol. The molecule has 2 nitrogen and oxygen atoms in total. The molecular formula is C48H30N2S. The number of hydrogen-bond donors (Lipinski definition) is 0. The number of fused-ring (bicyclic) bond motifs is 9. The maximum absolute atomic E-state index is 2.44. The molecule has 0 amide bonds. The second-order valence-electron chi connectivity index (χ2n) is 13.3. The number of para-hydroxylation sites is 2. The molecule has 3 aromatic heterocycles. The zero-order valence-electron chi connectivity index (χ0n) is 27.6. The van der Waals surface area contributed by atoms with Crippen LogP contribution < -0.4 is 0 Å².